The van der Waals surface area contributed by atoms with Crippen LogP contribution in [0.15, 0.2) is 45.6 Å². The predicted octanol–water partition coefficient (Wildman–Crippen LogP) is 4.25. The number of methoxy groups -OCH3 is 1. The van der Waals surface area contributed by atoms with Crippen LogP contribution in [0.3, 0.4) is 0 Å². The molecule has 5 rings (SSSR count). The van der Waals surface area contributed by atoms with Crippen LogP contribution in [-0.4, -0.2) is 29.8 Å². The summed E-state index contributed by atoms with van der Waals surface area (Å²) in [6, 6.07) is 13.8. The van der Waals surface area contributed by atoms with Crippen molar-refractivity contribution in [1.29, 1.82) is 5.26 Å². The Hall–Kier alpha value is -3.79. The molecule has 0 unspecified atom stereocenters. The van der Waals surface area contributed by atoms with E-state index in [-0.39, 0.29) is 17.0 Å². The first-order valence-electron chi connectivity index (χ1n) is 10.7. The third-order valence-electron chi connectivity index (χ3n) is 6.41. The fourth-order valence-electron chi connectivity index (χ4n) is 4.64. The second-order valence-electron chi connectivity index (χ2n) is 8.37. The minimum atomic E-state index is -0.281. The number of fused-ring (bicyclic) bond motifs is 2. The van der Waals surface area contributed by atoms with Crippen LogP contribution >= 0.6 is 0 Å². The van der Waals surface area contributed by atoms with Gasteiger partial charge in [0.05, 0.1) is 18.3 Å². The normalized spacial score (nSPS) is 14.8. The summed E-state index contributed by atoms with van der Waals surface area (Å²) in [4.78, 5) is 19.7. The fourth-order valence-corrected chi connectivity index (χ4v) is 4.64. The van der Waals surface area contributed by atoms with Gasteiger partial charge in [0.15, 0.2) is 11.5 Å². The van der Waals surface area contributed by atoms with Crippen molar-refractivity contribution in [2.45, 2.75) is 25.7 Å². The van der Waals surface area contributed by atoms with Crippen LogP contribution < -0.4 is 15.2 Å². The van der Waals surface area contributed by atoms with Gasteiger partial charge in [0.25, 0.3) is 5.56 Å². The van der Waals surface area contributed by atoms with Gasteiger partial charge in [-0.1, -0.05) is 6.07 Å². The Morgan fingerprint density at radius 2 is 1.97 bits per heavy atom. The summed E-state index contributed by atoms with van der Waals surface area (Å²) in [6.07, 6.45) is 1.66. The number of oxazole rings is 1. The summed E-state index contributed by atoms with van der Waals surface area (Å²) in [7, 11) is 3.31. The number of rotatable bonds is 3. The molecule has 3 heterocycles. The molecule has 7 nitrogen and oxygen atoms in total. The molecule has 0 saturated carbocycles. The minimum Gasteiger partial charge on any atom is -0.497 e. The molecule has 4 aromatic rings. The number of nitriles is 1. The van der Waals surface area contributed by atoms with Crippen LogP contribution in [0.5, 0.6) is 5.75 Å². The zero-order valence-electron chi connectivity index (χ0n) is 18.4. The Kier molecular flexibility index (Phi) is 4.86. The van der Waals surface area contributed by atoms with Crippen molar-refractivity contribution >= 4 is 27.7 Å². The van der Waals surface area contributed by atoms with E-state index in [0.29, 0.717) is 24.5 Å². The average Bonchev–Trinajstić information content (AvgIpc) is 3.24. The lowest BCUT2D eigenvalue weighted by molar-refractivity contribution is 0.407. The highest BCUT2D eigenvalue weighted by Crippen LogP contribution is 2.36. The van der Waals surface area contributed by atoms with Crippen LogP contribution in [0.2, 0.25) is 0 Å². The van der Waals surface area contributed by atoms with Crippen LogP contribution in [-0.2, 0) is 7.05 Å². The van der Waals surface area contributed by atoms with Gasteiger partial charge in [0, 0.05) is 31.4 Å². The van der Waals surface area contributed by atoms with Crippen molar-refractivity contribution in [1.82, 2.24) is 9.55 Å². The van der Waals surface area contributed by atoms with E-state index in [4.69, 9.17) is 14.1 Å². The van der Waals surface area contributed by atoms with Crippen LogP contribution in [0.1, 0.15) is 35.8 Å². The van der Waals surface area contributed by atoms with E-state index in [1.807, 2.05) is 43.3 Å². The van der Waals surface area contributed by atoms with E-state index in [0.717, 1.165) is 46.3 Å². The Labute approximate surface area is 185 Å². The number of aryl methyl sites for hydroxylation is 2. The van der Waals surface area contributed by atoms with Gasteiger partial charge in [0.1, 0.15) is 22.9 Å². The third kappa shape index (κ3) is 3.19. The molecule has 1 aliphatic rings. The maximum Gasteiger partial charge on any atom is 0.270 e. The number of aromatic nitrogens is 2. The van der Waals surface area contributed by atoms with Gasteiger partial charge >= 0.3 is 0 Å². The van der Waals surface area contributed by atoms with Crippen molar-refractivity contribution in [2.75, 3.05) is 25.1 Å². The van der Waals surface area contributed by atoms with Crippen molar-refractivity contribution in [3.63, 3.8) is 0 Å². The molecular weight excluding hydrogens is 404 g/mol. The SMILES string of the molecule is COc1ccc2c(c1)c(N1CCC(c3nc4ccc(C)cc4o3)CC1)c(C#N)c(=O)n2C. The van der Waals surface area contributed by atoms with Crippen molar-refractivity contribution in [2.24, 2.45) is 7.05 Å². The summed E-state index contributed by atoms with van der Waals surface area (Å²) in [5, 5.41) is 10.7. The topological polar surface area (TPSA) is 84.3 Å². The molecule has 0 bridgehead atoms. The molecule has 162 valence electrons. The summed E-state index contributed by atoms with van der Waals surface area (Å²) in [5.41, 5.74) is 4.20. The molecule has 2 aromatic carbocycles. The maximum absolute atomic E-state index is 12.9. The first-order valence-corrected chi connectivity index (χ1v) is 10.7. The highest BCUT2D eigenvalue weighted by Gasteiger charge is 2.28. The lowest BCUT2D eigenvalue weighted by atomic mass is 9.95. The minimum absolute atomic E-state index is 0.170. The van der Waals surface area contributed by atoms with E-state index < -0.39 is 0 Å². The van der Waals surface area contributed by atoms with Crippen LogP contribution in [0.4, 0.5) is 5.69 Å². The quantitative estimate of drug-likeness (QED) is 0.485. The highest BCUT2D eigenvalue weighted by molar-refractivity contribution is 5.96. The van der Waals surface area contributed by atoms with E-state index >= 15 is 0 Å². The first kappa shape index (κ1) is 20.1. The van der Waals surface area contributed by atoms with E-state index in [1.54, 1.807) is 14.2 Å². The largest absolute Gasteiger partial charge is 0.497 e. The van der Waals surface area contributed by atoms with E-state index in [9.17, 15) is 10.1 Å². The molecule has 1 fully saturated rings. The monoisotopic (exact) mass is 428 g/mol. The first-order chi connectivity index (χ1) is 15.5. The second-order valence-corrected chi connectivity index (χ2v) is 8.37. The fraction of sp³-hybridized carbons (Fsp3) is 0.320. The molecule has 32 heavy (non-hydrogen) atoms. The van der Waals surface area contributed by atoms with Gasteiger partial charge in [-0.25, -0.2) is 4.98 Å². The number of ether oxygens (including phenoxy) is 1. The number of pyridine rings is 1. The zero-order valence-corrected chi connectivity index (χ0v) is 18.4. The zero-order chi connectivity index (χ0) is 22.4. The lowest BCUT2D eigenvalue weighted by Gasteiger charge is -2.33. The Morgan fingerprint density at radius 3 is 2.69 bits per heavy atom. The molecular formula is C25H24N4O3. The number of benzene rings is 2. The Morgan fingerprint density at radius 1 is 1.19 bits per heavy atom. The third-order valence-corrected chi connectivity index (χ3v) is 6.41. The van der Waals surface area contributed by atoms with Gasteiger partial charge in [-0.3, -0.25) is 4.79 Å². The highest BCUT2D eigenvalue weighted by atomic mass is 16.5. The maximum atomic E-state index is 12.9. The van der Waals surface area contributed by atoms with Crippen molar-refractivity contribution < 1.29 is 9.15 Å². The smallest absolute Gasteiger partial charge is 0.270 e. The summed E-state index contributed by atoms with van der Waals surface area (Å²) in [6.45, 7) is 3.45. The van der Waals surface area contributed by atoms with Crippen LogP contribution in [0.25, 0.3) is 22.0 Å². The van der Waals surface area contributed by atoms with Gasteiger partial charge in [-0.05, 0) is 55.7 Å². The summed E-state index contributed by atoms with van der Waals surface area (Å²) >= 11 is 0. The molecule has 0 radical (unpaired) electrons. The molecule has 0 amide bonds. The number of anilines is 1. The Balaban J connectivity index is 1.51. The Bertz CT molecular complexity index is 1440. The molecule has 0 spiro atoms. The number of hydrogen-bond acceptors (Lipinski definition) is 6. The molecule has 2 aromatic heterocycles. The predicted molar refractivity (Wildman–Crippen MR) is 123 cm³/mol. The van der Waals surface area contributed by atoms with Gasteiger partial charge in [-0.15, -0.1) is 0 Å². The van der Waals surface area contributed by atoms with Crippen molar-refractivity contribution in [3.8, 4) is 11.8 Å². The number of piperidine rings is 1. The molecule has 0 atom stereocenters. The standard InChI is InChI=1S/C25H24N4O3/c1-15-4-6-20-22(12-15)32-24(27-20)16-8-10-29(11-9-16)23-18-13-17(31-3)5-7-21(18)28(2)25(30)19(23)14-26/h4-7,12-13,16H,8-11H2,1-3H3. The van der Waals surface area contributed by atoms with E-state index in [1.165, 1.54) is 4.57 Å². The summed E-state index contributed by atoms with van der Waals surface area (Å²) in [5.74, 6) is 1.66. The van der Waals surface area contributed by atoms with Crippen LogP contribution in [0, 0.1) is 18.3 Å². The molecule has 1 aliphatic heterocycles. The number of nitrogens with zero attached hydrogens (tertiary/aromatic N) is 4. The summed E-state index contributed by atoms with van der Waals surface area (Å²) < 4.78 is 13.0. The van der Waals surface area contributed by atoms with E-state index in [2.05, 4.69) is 11.0 Å². The van der Waals surface area contributed by atoms with Gasteiger partial charge in [0.2, 0.25) is 0 Å². The molecule has 1 saturated heterocycles. The second kappa shape index (κ2) is 7.72. The lowest BCUT2D eigenvalue weighted by Crippen LogP contribution is -2.35. The molecule has 0 N–H and O–H groups in total. The van der Waals surface area contributed by atoms with Gasteiger partial charge in [-0.2, -0.15) is 5.26 Å². The van der Waals surface area contributed by atoms with Crippen molar-refractivity contribution in [3.05, 3.63) is 63.8 Å². The van der Waals surface area contributed by atoms with Gasteiger partial charge < -0.3 is 18.6 Å². The average molecular weight is 428 g/mol. The number of hydrogen-bond donors (Lipinski definition) is 0. The molecule has 7 heteroatoms. The molecule has 0 aliphatic carbocycles.